The van der Waals surface area contributed by atoms with Crippen LogP contribution in [0.5, 0.6) is 0 Å². The summed E-state index contributed by atoms with van der Waals surface area (Å²) in [7, 11) is 0. The number of fused-ring (bicyclic) bond motifs is 1. The molecule has 6 nitrogen and oxygen atoms in total. The first-order chi connectivity index (χ1) is 14.1. The van der Waals surface area contributed by atoms with Crippen molar-refractivity contribution in [2.24, 2.45) is 5.92 Å². The van der Waals surface area contributed by atoms with E-state index in [0.29, 0.717) is 31.0 Å². The molecule has 2 aromatic carbocycles. The Morgan fingerprint density at radius 1 is 1.07 bits per heavy atom. The SMILES string of the molecule is O=C(NCC1CCN(C(=O)c2cc3ccccc3o2)CC1)Nc1ccccc1F. The van der Waals surface area contributed by atoms with Crippen LogP contribution in [0.1, 0.15) is 23.4 Å². The molecule has 0 radical (unpaired) electrons. The number of anilines is 1. The molecule has 1 aromatic heterocycles. The zero-order chi connectivity index (χ0) is 20.2. The van der Waals surface area contributed by atoms with E-state index in [1.165, 1.54) is 12.1 Å². The van der Waals surface area contributed by atoms with Crippen LogP contribution in [0.3, 0.4) is 0 Å². The van der Waals surface area contributed by atoms with E-state index in [1.807, 2.05) is 24.3 Å². The van der Waals surface area contributed by atoms with Crippen molar-refractivity contribution in [3.8, 4) is 0 Å². The molecule has 1 aliphatic rings. The van der Waals surface area contributed by atoms with Gasteiger partial charge in [0.15, 0.2) is 5.76 Å². The topological polar surface area (TPSA) is 74.6 Å². The number of piperidine rings is 1. The molecule has 0 atom stereocenters. The molecule has 0 bridgehead atoms. The molecule has 3 aromatic rings. The fraction of sp³-hybridized carbons (Fsp3) is 0.273. The highest BCUT2D eigenvalue weighted by Gasteiger charge is 2.26. The third-order valence-corrected chi connectivity index (χ3v) is 5.21. The monoisotopic (exact) mass is 395 g/mol. The molecule has 4 rings (SSSR count). The Morgan fingerprint density at radius 2 is 1.79 bits per heavy atom. The van der Waals surface area contributed by atoms with Crippen molar-refractivity contribution in [1.82, 2.24) is 10.2 Å². The second-order valence-corrected chi connectivity index (χ2v) is 7.20. The Bertz CT molecular complexity index is 992. The number of benzene rings is 2. The predicted octanol–water partition coefficient (Wildman–Crippen LogP) is 4.25. The van der Waals surface area contributed by atoms with E-state index in [0.717, 1.165) is 18.2 Å². The lowest BCUT2D eigenvalue weighted by atomic mass is 9.96. The minimum Gasteiger partial charge on any atom is -0.451 e. The fourth-order valence-electron chi connectivity index (χ4n) is 3.55. The normalized spacial score (nSPS) is 14.7. The molecule has 1 saturated heterocycles. The summed E-state index contributed by atoms with van der Waals surface area (Å²) in [5, 5.41) is 6.20. The molecule has 1 aliphatic heterocycles. The van der Waals surface area contributed by atoms with Gasteiger partial charge in [-0.2, -0.15) is 0 Å². The largest absolute Gasteiger partial charge is 0.451 e. The van der Waals surface area contributed by atoms with Gasteiger partial charge in [-0.25, -0.2) is 9.18 Å². The summed E-state index contributed by atoms with van der Waals surface area (Å²) < 4.78 is 19.3. The molecule has 2 heterocycles. The first-order valence-electron chi connectivity index (χ1n) is 9.67. The van der Waals surface area contributed by atoms with Gasteiger partial charge in [-0.3, -0.25) is 4.79 Å². The van der Waals surface area contributed by atoms with Gasteiger partial charge >= 0.3 is 6.03 Å². The number of carbonyl (C=O) groups excluding carboxylic acids is 2. The maximum Gasteiger partial charge on any atom is 0.319 e. The number of likely N-dealkylation sites (tertiary alicyclic amines) is 1. The Hall–Kier alpha value is -3.35. The number of halogens is 1. The van der Waals surface area contributed by atoms with E-state index in [2.05, 4.69) is 10.6 Å². The molecule has 2 N–H and O–H groups in total. The van der Waals surface area contributed by atoms with Gasteiger partial charge in [0.2, 0.25) is 0 Å². The highest BCUT2D eigenvalue weighted by molar-refractivity contribution is 5.96. The summed E-state index contributed by atoms with van der Waals surface area (Å²) in [6.07, 6.45) is 1.57. The predicted molar refractivity (Wildman–Crippen MR) is 108 cm³/mol. The van der Waals surface area contributed by atoms with Gasteiger partial charge in [-0.05, 0) is 43.0 Å². The van der Waals surface area contributed by atoms with Crippen LogP contribution in [0, 0.1) is 11.7 Å². The summed E-state index contributed by atoms with van der Waals surface area (Å²) in [5.41, 5.74) is 0.854. The minimum absolute atomic E-state index is 0.107. The third kappa shape index (κ3) is 4.39. The van der Waals surface area contributed by atoms with Gasteiger partial charge in [0, 0.05) is 25.0 Å². The van der Waals surface area contributed by atoms with Crippen molar-refractivity contribution in [3.63, 3.8) is 0 Å². The maximum absolute atomic E-state index is 13.6. The van der Waals surface area contributed by atoms with Gasteiger partial charge in [0.05, 0.1) is 5.69 Å². The van der Waals surface area contributed by atoms with Crippen LogP contribution in [0.25, 0.3) is 11.0 Å². The molecule has 0 spiro atoms. The highest BCUT2D eigenvalue weighted by atomic mass is 19.1. The van der Waals surface area contributed by atoms with Crippen LogP contribution in [0.15, 0.2) is 59.0 Å². The molecule has 7 heteroatoms. The molecule has 0 saturated carbocycles. The Balaban J connectivity index is 1.25. The molecular formula is C22H22FN3O3. The van der Waals surface area contributed by atoms with Crippen LogP contribution < -0.4 is 10.6 Å². The number of para-hydroxylation sites is 2. The van der Waals surface area contributed by atoms with Gasteiger partial charge in [-0.1, -0.05) is 30.3 Å². The quantitative estimate of drug-likeness (QED) is 0.694. The molecule has 1 fully saturated rings. The van der Waals surface area contributed by atoms with Crippen molar-refractivity contribution in [2.45, 2.75) is 12.8 Å². The molecule has 0 unspecified atom stereocenters. The first-order valence-corrected chi connectivity index (χ1v) is 9.67. The number of hydrogen-bond acceptors (Lipinski definition) is 3. The summed E-state index contributed by atoms with van der Waals surface area (Å²) in [5.74, 6) is 0.0399. The average Bonchev–Trinajstić information content (AvgIpc) is 3.18. The average molecular weight is 395 g/mol. The molecule has 0 aliphatic carbocycles. The Morgan fingerprint density at radius 3 is 2.55 bits per heavy atom. The van der Waals surface area contributed by atoms with Gasteiger partial charge in [0.1, 0.15) is 11.4 Å². The molecular weight excluding hydrogens is 373 g/mol. The van der Waals surface area contributed by atoms with Crippen molar-refractivity contribution in [1.29, 1.82) is 0 Å². The second kappa shape index (κ2) is 8.34. The second-order valence-electron chi connectivity index (χ2n) is 7.20. The van der Waals surface area contributed by atoms with Crippen LogP contribution >= 0.6 is 0 Å². The van der Waals surface area contributed by atoms with E-state index < -0.39 is 11.8 Å². The highest BCUT2D eigenvalue weighted by Crippen LogP contribution is 2.23. The lowest BCUT2D eigenvalue weighted by Crippen LogP contribution is -2.42. The number of urea groups is 1. The summed E-state index contributed by atoms with van der Waals surface area (Å²) in [6.45, 7) is 1.70. The van der Waals surface area contributed by atoms with Crippen molar-refractivity contribution in [3.05, 3.63) is 66.2 Å². The van der Waals surface area contributed by atoms with Crippen LogP contribution in [0.2, 0.25) is 0 Å². The Labute approximate surface area is 167 Å². The number of furan rings is 1. The fourth-order valence-corrected chi connectivity index (χ4v) is 3.55. The molecule has 150 valence electrons. The smallest absolute Gasteiger partial charge is 0.319 e. The number of nitrogens with one attached hydrogen (secondary N) is 2. The van der Waals surface area contributed by atoms with E-state index in [9.17, 15) is 14.0 Å². The molecule has 29 heavy (non-hydrogen) atoms. The zero-order valence-electron chi connectivity index (χ0n) is 15.9. The van der Waals surface area contributed by atoms with Crippen LogP contribution in [-0.4, -0.2) is 36.5 Å². The zero-order valence-corrected chi connectivity index (χ0v) is 15.9. The third-order valence-electron chi connectivity index (χ3n) is 5.21. The van der Waals surface area contributed by atoms with Crippen molar-refractivity contribution < 1.29 is 18.4 Å². The van der Waals surface area contributed by atoms with Crippen LogP contribution in [-0.2, 0) is 0 Å². The molecule has 3 amide bonds. The number of carbonyl (C=O) groups is 2. The van der Waals surface area contributed by atoms with E-state index in [4.69, 9.17) is 4.42 Å². The van der Waals surface area contributed by atoms with Crippen molar-refractivity contribution in [2.75, 3.05) is 25.0 Å². The standard InChI is InChI=1S/C22H22FN3O3/c23-17-6-2-3-7-18(17)25-22(28)24-14-15-9-11-26(12-10-15)21(27)20-13-16-5-1-4-8-19(16)29-20/h1-8,13,15H,9-12,14H2,(H2,24,25,28). The first kappa shape index (κ1) is 19.0. The number of nitrogens with zero attached hydrogens (tertiary/aromatic N) is 1. The van der Waals surface area contributed by atoms with Crippen molar-refractivity contribution >= 4 is 28.6 Å². The lowest BCUT2D eigenvalue weighted by molar-refractivity contribution is 0.0661. The maximum atomic E-state index is 13.6. The van der Waals surface area contributed by atoms with Gasteiger partial charge in [0.25, 0.3) is 5.91 Å². The lowest BCUT2D eigenvalue weighted by Gasteiger charge is -2.31. The number of amides is 3. The number of rotatable bonds is 4. The van der Waals surface area contributed by atoms with Gasteiger partial charge < -0.3 is 20.0 Å². The van der Waals surface area contributed by atoms with E-state index >= 15 is 0 Å². The Kier molecular flexibility index (Phi) is 5.46. The summed E-state index contributed by atoms with van der Waals surface area (Å²) in [6, 6.07) is 14.9. The minimum atomic E-state index is -0.472. The van der Waals surface area contributed by atoms with Crippen LogP contribution in [0.4, 0.5) is 14.9 Å². The summed E-state index contributed by atoms with van der Waals surface area (Å²) >= 11 is 0. The van der Waals surface area contributed by atoms with E-state index in [-0.39, 0.29) is 17.5 Å². The van der Waals surface area contributed by atoms with E-state index in [1.54, 1.807) is 23.1 Å². The number of hydrogen-bond donors (Lipinski definition) is 2. The van der Waals surface area contributed by atoms with Gasteiger partial charge in [-0.15, -0.1) is 0 Å². The summed E-state index contributed by atoms with van der Waals surface area (Å²) in [4.78, 5) is 26.5.